The SMILES string of the molecule is CC(C)NCc1cc(Br)cnc1-n1nnc2ccccc21. The average Bonchev–Trinajstić information content (AvgIpc) is 2.89. The summed E-state index contributed by atoms with van der Waals surface area (Å²) in [5, 5.41) is 11.9. The number of nitrogens with zero attached hydrogens (tertiary/aromatic N) is 4. The summed E-state index contributed by atoms with van der Waals surface area (Å²) in [4.78, 5) is 4.52. The molecule has 5 nitrogen and oxygen atoms in total. The monoisotopic (exact) mass is 345 g/mol. The van der Waals surface area contributed by atoms with E-state index in [4.69, 9.17) is 0 Å². The first-order valence-electron chi connectivity index (χ1n) is 6.84. The number of pyridine rings is 1. The largest absolute Gasteiger partial charge is 0.310 e. The lowest BCUT2D eigenvalue weighted by atomic mass is 10.2. The van der Waals surface area contributed by atoms with Gasteiger partial charge in [0, 0.05) is 28.8 Å². The van der Waals surface area contributed by atoms with Gasteiger partial charge < -0.3 is 5.32 Å². The van der Waals surface area contributed by atoms with Crippen LogP contribution in [0.4, 0.5) is 0 Å². The molecule has 0 aliphatic carbocycles. The highest BCUT2D eigenvalue weighted by atomic mass is 79.9. The fraction of sp³-hybridized carbons (Fsp3) is 0.267. The summed E-state index contributed by atoms with van der Waals surface area (Å²) >= 11 is 3.48. The maximum atomic E-state index is 4.52. The Labute approximate surface area is 131 Å². The quantitative estimate of drug-likeness (QED) is 0.789. The molecule has 1 N–H and O–H groups in total. The molecule has 0 aliphatic rings. The molecular formula is C15H16BrN5. The minimum absolute atomic E-state index is 0.407. The summed E-state index contributed by atoms with van der Waals surface area (Å²) in [5.41, 5.74) is 2.90. The Morgan fingerprint density at radius 2 is 2.10 bits per heavy atom. The molecule has 0 radical (unpaired) electrons. The number of aromatic nitrogens is 4. The molecule has 2 aromatic heterocycles. The van der Waals surface area contributed by atoms with Crippen LogP contribution in [0.5, 0.6) is 0 Å². The lowest BCUT2D eigenvalue weighted by molar-refractivity contribution is 0.584. The van der Waals surface area contributed by atoms with E-state index in [0.29, 0.717) is 6.04 Å². The molecule has 0 unspecified atom stereocenters. The summed E-state index contributed by atoms with van der Waals surface area (Å²) in [6.07, 6.45) is 1.78. The van der Waals surface area contributed by atoms with Gasteiger partial charge in [-0.25, -0.2) is 4.98 Å². The Morgan fingerprint density at radius 1 is 1.29 bits per heavy atom. The lowest BCUT2D eigenvalue weighted by Gasteiger charge is -2.12. The number of fused-ring (bicyclic) bond motifs is 1. The number of para-hydroxylation sites is 1. The Balaban J connectivity index is 2.09. The number of hydrogen-bond acceptors (Lipinski definition) is 4. The molecule has 0 saturated heterocycles. The standard InChI is InChI=1S/C15H16BrN5/c1-10(2)17-8-11-7-12(16)9-18-15(11)21-14-6-4-3-5-13(14)19-20-21/h3-7,9-10,17H,8H2,1-2H3. The van der Waals surface area contributed by atoms with Crippen LogP contribution in [0.3, 0.4) is 0 Å². The summed E-state index contributed by atoms with van der Waals surface area (Å²) in [6.45, 7) is 4.97. The molecule has 6 heteroatoms. The average molecular weight is 346 g/mol. The molecule has 0 spiro atoms. The van der Waals surface area contributed by atoms with Gasteiger partial charge in [0.15, 0.2) is 5.82 Å². The molecule has 108 valence electrons. The predicted octanol–water partition coefficient (Wildman–Crippen LogP) is 3.08. The summed E-state index contributed by atoms with van der Waals surface area (Å²) in [7, 11) is 0. The highest BCUT2D eigenvalue weighted by Gasteiger charge is 2.12. The molecule has 3 aromatic rings. The van der Waals surface area contributed by atoms with Gasteiger partial charge in [0.2, 0.25) is 0 Å². The summed E-state index contributed by atoms with van der Waals surface area (Å²) in [6, 6.07) is 10.4. The van der Waals surface area contributed by atoms with Crippen molar-refractivity contribution in [2.45, 2.75) is 26.4 Å². The van der Waals surface area contributed by atoms with Gasteiger partial charge in [-0.15, -0.1) is 5.10 Å². The van der Waals surface area contributed by atoms with Gasteiger partial charge in [0.05, 0.1) is 5.52 Å². The van der Waals surface area contributed by atoms with E-state index in [2.05, 4.69) is 56.5 Å². The highest BCUT2D eigenvalue weighted by Crippen LogP contribution is 2.20. The normalized spacial score (nSPS) is 11.4. The van der Waals surface area contributed by atoms with Gasteiger partial charge in [0.1, 0.15) is 5.52 Å². The first kappa shape index (κ1) is 14.2. The molecule has 1 aromatic carbocycles. The van der Waals surface area contributed by atoms with Crippen molar-refractivity contribution in [2.75, 3.05) is 0 Å². The van der Waals surface area contributed by atoms with Gasteiger partial charge in [-0.1, -0.05) is 31.2 Å². The maximum Gasteiger partial charge on any atom is 0.160 e. The molecule has 3 rings (SSSR count). The van der Waals surface area contributed by atoms with Crippen LogP contribution >= 0.6 is 15.9 Å². The third-order valence-corrected chi connectivity index (χ3v) is 3.60. The smallest absolute Gasteiger partial charge is 0.160 e. The van der Waals surface area contributed by atoms with Crippen LogP contribution < -0.4 is 5.32 Å². The second-order valence-electron chi connectivity index (χ2n) is 5.16. The van der Waals surface area contributed by atoms with Crippen LogP contribution in [0.2, 0.25) is 0 Å². The number of nitrogens with one attached hydrogen (secondary N) is 1. The van der Waals surface area contributed by atoms with Crippen LogP contribution in [-0.2, 0) is 6.54 Å². The molecular weight excluding hydrogens is 330 g/mol. The van der Waals surface area contributed by atoms with Crippen molar-refractivity contribution in [1.82, 2.24) is 25.3 Å². The van der Waals surface area contributed by atoms with Crippen molar-refractivity contribution in [1.29, 1.82) is 0 Å². The molecule has 0 bridgehead atoms. The molecule has 0 atom stereocenters. The van der Waals surface area contributed by atoms with Gasteiger partial charge >= 0.3 is 0 Å². The van der Waals surface area contributed by atoms with Crippen molar-refractivity contribution in [3.63, 3.8) is 0 Å². The fourth-order valence-electron chi connectivity index (χ4n) is 2.13. The first-order valence-corrected chi connectivity index (χ1v) is 7.63. The zero-order chi connectivity index (χ0) is 14.8. The van der Waals surface area contributed by atoms with E-state index in [1.165, 1.54) is 0 Å². The van der Waals surface area contributed by atoms with Crippen molar-refractivity contribution in [3.05, 3.63) is 46.6 Å². The topological polar surface area (TPSA) is 55.6 Å². The van der Waals surface area contributed by atoms with E-state index in [9.17, 15) is 0 Å². The minimum Gasteiger partial charge on any atom is -0.310 e. The Hall–Kier alpha value is -1.79. The maximum absolute atomic E-state index is 4.52. The van der Waals surface area contributed by atoms with Crippen LogP contribution in [-0.4, -0.2) is 26.0 Å². The lowest BCUT2D eigenvalue weighted by Crippen LogP contribution is -2.23. The summed E-state index contributed by atoms with van der Waals surface area (Å²) in [5.74, 6) is 0.806. The second kappa shape index (κ2) is 5.91. The molecule has 0 aliphatic heterocycles. The molecule has 0 fully saturated rings. The zero-order valence-corrected chi connectivity index (χ0v) is 13.5. The van der Waals surface area contributed by atoms with Gasteiger partial charge in [-0.2, -0.15) is 4.68 Å². The number of benzene rings is 1. The molecule has 0 amide bonds. The number of halogens is 1. The van der Waals surface area contributed by atoms with Crippen LogP contribution in [0, 0.1) is 0 Å². The van der Waals surface area contributed by atoms with E-state index < -0.39 is 0 Å². The van der Waals surface area contributed by atoms with Gasteiger partial charge in [0.25, 0.3) is 0 Å². The minimum atomic E-state index is 0.407. The molecule has 2 heterocycles. The van der Waals surface area contributed by atoms with Crippen molar-refractivity contribution in [3.8, 4) is 5.82 Å². The van der Waals surface area contributed by atoms with E-state index in [1.54, 1.807) is 10.9 Å². The van der Waals surface area contributed by atoms with E-state index in [-0.39, 0.29) is 0 Å². The fourth-order valence-corrected chi connectivity index (χ4v) is 2.51. The van der Waals surface area contributed by atoms with E-state index in [0.717, 1.165) is 33.4 Å². The van der Waals surface area contributed by atoms with Crippen molar-refractivity contribution in [2.24, 2.45) is 0 Å². The Bertz CT molecular complexity index is 766. The molecule has 21 heavy (non-hydrogen) atoms. The second-order valence-corrected chi connectivity index (χ2v) is 6.08. The van der Waals surface area contributed by atoms with E-state index >= 15 is 0 Å². The van der Waals surface area contributed by atoms with Crippen LogP contribution in [0.25, 0.3) is 16.9 Å². The highest BCUT2D eigenvalue weighted by molar-refractivity contribution is 9.10. The zero-order valence-electron chi connectivity index (χ0n) is 11.9. The number of hydrogen-bond donors (Lipinski definition) is 1. The van der Waals surface area contributed by atoms with Crippen molar-refractivity contribution >= 4 is 27.0 Å². The number of rotatable bonds is 4. The summed E-state index contributed by atoms with van der Waals surface area (Å²) < 4.78 is 2.75. The Morgan fingerprint density at radius 3 is 2.90 bits per heavy atom. The van der Waals surface area contributed by atoms with Gasteiger partial charge in [-0.05, 0) is 34.1 Å². The van der Waals surface area contributed by atoms with Crippen LogP contribution in [0.15, 0.2) is 41.0 Å². The first-order chi connectivity index (χ1) is 10.1. The van der Waals surface area contributed by atoms with Gasteiger partial charge in [-0.3, -0.25) is 0 Å². The Kier molecular flexibility index (Phi) is 3.98. The third kappa shape index (κ3) is 2.96. The predicted molar refractivity (Wildman–Crippen MR) is 86.3 cm³/mol. The van der Waals surface area contributed by atoms with Crippen molar-refractivity contribution < 1.29 is 0 Å². The third-order valence-electron chi connectivity index (χ3n) is 3.16. The molecule has 0 saturated carbocycles. The van der Waals surface area contributed by atoms with Crippen LogP contribution in [0.1, 0.15) is 19.4 Å². The van der Waals surface area contributed by atoms with E-state index in [1.807, 2.05) is 24.3 Å².